The molecular weight excluding hydrogens is 246 g/mol. The molecule has 0 aliphatic rings. The zero-order chi connectivity index (χ0) is 14.1. The largest absolute Gasteiger partial charge is 0.288 e. The molecule has 0 saturated carbocycles. The molecule has 0 fully saturated rings. The van der Waals surface area contributed by atoms with Crippen LogP contribution in [0.25, 0.3) is 21.8 Å². The van der Waals surface area contributed by atoms with Crippen molar-refractivity contribution >= 4 is 21.8 Å². The van der Waals surface area contributed by atoms with Crippen molar-refractivity contribution in [1.82, 2.24) is 4.57 Å². The highest BCUT2D eigenvalue weighted by atomic mass is 16.1. The van der Waals surface area contributed by atoms with Crippen LogP contribution in [0.2, 0.25) is 0 Å². The second-order valence-electron chi connectivity index (χ2n) is 4.66. The minimum absolute atomic E-state index is 0.0518. The summed E-state index contributed by atoms with van der Waals surface area (Å²) in [6.07, 6.45) is 1.55. The Labute approximate surface area is 117 Å². The maximum absolute atomic E-state index is 12.6. The minimum Gasteiger partial charge on any atom is -0.288 e. The molecule has 1 heterocycles. The summed E-state index contributed by atoms with van der Waals surface area (Å²) in [6.45, 7) is 5.60. The van der Waals surface area contributed by atoms with Gasteiger partial charge in [-0.15, -0.1) is 0 Å². The van der Waals surface area contributed by atoms with E-state index in [1.807, 2.05) is 54.0 Å². The molecule has 3 rings (SSSR count). The molecule has 0 spiro atoms. The summed E-state index contributed by atoms with van der Waals surface area (Å²) in [5, 5.41) is 1.38. The fourth-order valence-electron chi connectivity index (χ4n) is 2.39. The van der Waals surface area contributed by atoms with Gasteiger partial charge in [-0.3, -0.25) is 9.36 Å². The number of hydrogen-bond donors (Lipinski definition) is 0. The Morgan fingerprint density at radius 2 is 1.85 bits per heavy atom. The highest BCUT2D eigenvalue weighted by molar-refractivity contribution is 5.94. The van der Waals surface area contributed by atoms with Crippen molar-refractivity contribution in [1.29, 1.82) is 0 Å². The standard InChI is InChI=1S/C18H13NO/c1-3-4-11-19-16-8-6-5-7-14(16)18(20)15-12-13(2)9-10-17(15)19/h3,5-10,12H,1H2,2H3. The lowest BCUT2D eigenvalue weighted by atomic mass is 10.1. The third-order valence-corrected chi connectivity index (χ3v) is 3.31. The van der Waals surface area contributed by atoms with Gasteiger partial charge in [0, 0.05) is 16.8 Å². The number of allylic oxidation sites excluding steroid dienone is 1. The Morgan fingerprint density at radius 3 is 2.65 bits per heavy atom. The van der Waals surface area contributed by atoms with Crippen molar-refractivity contribution in [3.63, 3.8) is 0 Å². The summed E-state index contributed by atoms with van der Waals surface area (Å²) in [5.41, 5.74) is 2.76. The van der Waals surface area contributed by atoms with Gasteiger partial charge >= 0.3 is 0 Å². The van der Waals surface area contributed by atoms with Gasteiger partial charge in [0.15, 0.2) is 5.43 Å². The van der Waals surface area contributed by atoms with E-state index >= 15 is 0 Å². The summed E-state index contributed by atoms with van der Waals surface area (Å²) in [5.74, 6) is 2.86. The van der Waals surface area contributed by atoms with Gasteiger partial charge in [-0.05, 0) is 37.3 Å². The molecule has 2 aromatic carbocycles. The number of fused-ring (bicyclic) bond motifs is 2. The van der Waals surface area contributed by atoms with Crippen molar-refractivity contribution in [3.8, 4) is 12.0 Å². The molecule has 0 amide bonds. The van der Waals surface area contributed by atoms with Crippen molar-refractivity contribution in [2.24, 2.45) is 0 Å². The van der Waals surface area contributed by atoms with Crippen molar-refractivity contribution in [3.05, 3.63) is 70.9 Å². The number of aryl methyl sites for hydroxylation is 1. The minimum atomic E-state index is 0.0518. The zero-order valence-corrected chi connectivity index (χ0v) is 11.2. The van der Waals surface area contributed by atoms with Gasteiger partial charge in [-0.1, -0.05) is 36.3 Å². The fraction of sp³-hybridized carbons (Fsp3) is 0.0556. The third-order valence-electron chi connectivity index (χ3n) is 3.31. The monoisotopic (exact) mass is 259 g/mol. The second kappa shape index (κ2) is 4.71. The molecule has 0 radical (unpaired) electrons. The van der Waals surface area contributed by atoms with E-state index in [2.05, 4.69) is 18.5 Å². The van der Waals surface area contributed by atoms with Gasteiger partial charge in [-0.2, -0.15) is 0 Å². The summed E-state index contributed by atoms with van der Waals surface area (Å²) < 4.78 is 1.85. The van der Waals surface area contributed by atoms with Crippen LogP contribution in [0.1, 0.15) is 5.56 Å². The maximum atomic E-state index is 12.6. The molecule has 0 N–H and O–H groups in total. The molecule has 0 saturated heterocycles. The van der Waals surface area contributed by atoms with Gasteiger partial charge < -0.3 is 0 Å². The number of aromatic nitrogens is 1. The van der Waals surface area contributed by atoms with Crippen molar-refractivity contribution < 1.29 is 0 Å². The van der Waals surface area contributed by atoms with E-state index in [1.54, 1.807) is 6.08 Å². The Bertz CT molecular complexity index is 952. The topological polar surface area (TPSA) is 22.0 Å². The highest BCUT2D eigenvalue weighted by Gasteiger charge is 2.09. The molecule has 3 aromatic rings. The number of rotatable bonds is 0. The van der Waals surface area contributed by atoms with Crippen LogP contribution in [0.15, 0.2) is 59.9 Å². The van der Waals surface area contributed by atoms with Crippen LogP contribution >= 0.6 is 0 Å². The Balaban J connectivity index is 2.63. The van der Waals surface area contributed by atoms with Crippen LogP contribution in [0, 0.1) is 18.9 Å². The van der Waals surface area contributed by atoms with Crippen LogP contribution in [0.5, 0.6) is 0 Å². The predicted octanol–water partition coefficient (Wildman–Crippen LogP) is 3.46. The van der Waals surface area contributed by atoms with E-state index in [0.29, 0.717) is 10.8 Å². The number of para-hydroxylation sites is 1. The van der Waals surface area contributed by atoms with Crippen molar-refractivity contribution in [2.45, 2.75) is 6.92 Å². The molecule has 0 aliphatic carbocycles. The van der Waals surface area contributed by atoms with Gasteiger partial charge in [-0.25, -0.2) is 0 Å². The smallest absolute Gasteiger partial charge is 0.197 e. The van der Waals surface area contributed by atoms with Gasteiger partial charge in [0.2, 0.25) is 0 Å². The van der Waals surface area contributed by atoms with Crippen LogP contribution in [0.3, 0.4) is 0 Å². The number of pyridine rings is 1. The highest BCUT2D eigenvalue weighted by Crippen LogP contribution is 2.19. The molecule has 0 bridgehead atoms. The molecule has 0 atom stereocenters. The summed E-state index contributed by atoms with van der Waals surface area (Å²) in [4.78, 5) is 12.6. The van der Waals surface area contributed by atoms with E-state index in [4.69, 9.17) is 0 Å². The number of nitrogens with zero attached hydrogens (tertiary/aromatic N) is 1. The second-order valence-corrected chi connectivity index (χ2v) is 4.66. The lowest BCUT2D eigenvalue weighted by Crippen LogP contribution is -2.09. The quantitative estimate of drug-likeness (QED) is 0.447. The Hall–Kier alpha value is -2.79. The lowest BCUT2D eigenvalue weighted by Gasteiger charge is -2.09. The van der Waals surface area contributed by atoms with Gasteiger partial charge in [0.1, 0.15) is 0 Å². The molecule has 2 heteroatoms. The van der Waals surface area contributed by atoms with E-state index in [9.17, 15) is 4.79 Å². The first kappa shape index (κ1) is 12.3. The molecule has 96 valence electrons. The first-order valence-corrected chi connectivity index (χ1v) is 6.39. The molecule has 2 nitrogen and oxygen atoms in total. The summed E-state index contributed by atoms with van der Waals surface area (Å²) >= 11 is 0. The summed E-state index contributed by atoms with van der Waals surface area (Å²) in [6, 6.07) is 16.4. The van der Waals surface area contributed by atoms with E-state index in [0.717, 1.165) is 16.6 Å². The van der Waals surface area contributed by atoms with Crippen LogP contribution < -0.4 is 5.43 Å². The van der Waals surface area contributed by atoms with E-state index < -0.39 is 0 Å². The third kappa shape index (κ3) is 1.81. The molecule has 0 unspecified atom stereocenters. The van der Waals surface area contributed by atoms with Crippen LogP contribution in [-0.2, 0) is 0 Å². The molecule has 0 aliphatic heterocycles. The van der Waals surface area contributed by atoms with Gasteiger partial charge in [0.25, 0.3) is 0 Å². The molecule has 20 heavy (non-hydrogen) atoms. The number of hydrogen-bond acceptors (Lipinski definition) is 1. The van der Waals surface area contributed by atoms with E-state index in [-0.39, 0.29) is 5.43 Å². The average molecular weight is 259 g/mol. The van der Waals surface area contributed by atoms with Crippen molar-refractivity contribution in [2.75, 3.05) is 0 Å². The SMILES string of the molecule is C=CC#Cn1c2ccccc2c(=O)c2cc(C)ccc21. The molecular formula is C18H13NO. The normalized spacial score (nSPS) is 10.2. The number of benzene rings is 2. The molecule has 1 aromatic heterocycles. The van der Waals surface area contributed by atoms with Crippen LogP contribution in [0.4, 0.5) is 0 Å². The zero-order valence-electron chi connectivity index (χ0n) is 11.2. The maximum Gasteiger partial charge on any atom is 0.197 e. The Kier molecular flexibility index (Phi) is 2.89. The lowest BCUT2D eigenvalue weighted by molar-refractivity contribution is 1.23. The summed E-state index contributed by atoms with van der Waals surface area (Å²) in [7, 11) is 0. The Morgan fingerprint density at radius 1 is 1.10 bits per heavy atom. The first-order chi connectivity index (χ1) is 9.72. The average Bonchev–Trinajstić information content (AvgIpc) is 2.48. The van der Waals surface area contributed by atoms with E-state index in [1.165, 1.54) is 0 Å². The van der Waals surface area contributed by atoms with Crippen LogP contribution in [-0.4, -0.2) is 4.57 Å². The predicted molar refractivity (Wildman–Crippen MR) is 83.8 cm³/mol. The first-order valence-electron chi connectivity index (χ1n) is 6.39. The fourth-order valence-corrected chi connectivity index (χ4v) is 2.39. The van der Waals surface area contributed by atoms with Gasteiger partial charge in [0.05, 0.1) is 11.0 Å².